The summed E-state index contributed by atoms with van der Waals surface area (Å²) in [6, 6.07) is 2.43. The number of amides is 2. The van der Waals surface area contributed by atoms with Gasteiger partial charge in [-0.1, -0.05) is 30.1 Å². The molecule has 2 amide bonds. The first-order valence-corrected chi connectivity index (χ1v) is 7.35. The minimum atomic E-state index is -1.20. The zero-order valence-corrected chi connectivity index (χ0v) is 13.2. The molecule has 1 aromatic rings. The van der Waals surface area contributed by atoms with Gasteiger partial charge in [0.1, 0.15) is 0 Å². The van der Waals surface area contributed by atoms with E-state index in [0.29, 0.717) is 12.5 Å². The molecule has 7 heteroatoms. The summed E-state index contributed by atoms with van der Waals surface area (Å²) in [7, 11) is 0. The van der Waals surface area contributed by atoms with E-state index in [2.05, 4.69) is 12.2 Å². The van der Waals surface area contributed by atoms with E-state index in [-0.39, 0.29) is 33.4 Å². The Morgan fingerprint density at radius 2 is 2.00 bits per heavy atom. The van der Waals surface area contributed by atoms with Crippen LogP contribution in [0.4, 0.5) is 10.5 Å². The maximum absolute atomic E-state index is 12.3. The van der Waals surface area contributed by atoms with Gasteiger partial charge in [-0.25, -0.2) is 9.59 Å². The van der Waals surface area contributed by atoms with Crippen molar-refractivity contribution in [2.75, 3.05) is 11.9 Å². The van der Waals surface area contributed by atoms with Crippen molar-refractivity contribution < 1.29 is 14.7 Å². The van der Waals surface area contributed by atoms with E-state index in [0.717, 1.165) is 6.42 Å². The number of carboxylic acids is 1. The molecule has 5 nitrogen and oxygen atoms in total. The van der Waals surface area contributed by atoms with Crippen LogP contribution in [-0.2, 0) is 0 Å². The summed E-state index contributed by atoms with van der Waals surface area (Å²) in [6.45, 7) is 4.67. The summed E-state index contributed by atoms with van der Waals surface area (Å²) in [5.74, 6) is -0.775. The van der Waals surface area contributed by atoms with Crippen molar-refractivity contribution in [1.82, 2.24) is 4.90 Å². The zero-order chi connectivity index (χ0) is 15.7. The fourth-order valence-corrected chi connectivity index (χ4v) is 3.17. The number of carbonyl (C=O) groups excluding carboxylic acids is 1. The Kier molecular flexibility index (Phi) is 4.64. The Morgan fingerprint density at radius 3 is 2.52 bits per heavy atom. The number of aromatic carboxylic acids is 1. The molecule has 114 valence electrons. The van der Waals surface area contributed by atoms with Crippen LogP contribution < -0.4 is 5.32 Å². The van der Waals surface area contributed by atoms with E-state index in [9.17, 15) is 14.7 Å². The highest BCUT2D eigenvalue weighted by Crippen LogP contribution is 2.31. The maximum Gasteiger partial charge on any atom is 0.337 e. The molecule has 1 aliphatic heterocycles. The molecular formula is C14H16Cl2N2O3. The van der Waals surface area contributed by atoms with Crippen LogP contribution in [0.2, 0.25) is 10.0 Å². The molecule has 0 saturated carbocycles. The molecule has 1 heterocycles. The lowest BCUT2D eigenvalue weighted by atomic mass is 10.1. The first-order valence-electron chi connectivity index (χ1n) is 6.59. The second-order valence-corrected chi connectivity index (χ2v) is 6.23. The van der Waals surface area contributed by atoms with E-state index < -0.39 is 5.97 Å². The van der Waals surface area contributed by atoms with E-state index in [1.165, 1.54) is 12.1 Å². The highest BCUT2D eigenvalue weighted by molar-refractivity contribution is 6.37. The fourth-order valence-electron chi connectivity index (χ4n) is 2.63. The van der Waals surface area contributed by atoms with Crippen LogP contribution in [0.15, 0.2) is 12.1 Å². The van der Waals surface area contributed by atoms with Gasteiger partial charge in [-0.05, 0) is 31.4 Å². The van der Waals surface area contributed by atoms with Crippen LogP contribution in [0.3, 0.4) is 0 Å². The third-order valence-electron chi connectivity index (χ3n) is 3.56. The number of nitrogens with one attached hydrogen (secondary N) is 1. The highest BCUT2D eigenvalue weighted by atomic mass is 35.5. The molecule has 2 N–H and O–H groups in total. The molecular weight excluding hydrogens is 315 g/mol. The normalized spacial score (nSPS) is 21.4. The van der Waals surface area contributed by atoms with Crippen LogP contribution in [0.5, 0.6) is 0 Å². The summed E-state index contributed by atoms with van der Waals surface area (Å²) >= 11 is 11.8. The Balaban J connectivity index is 2.27. The number of anilines is 1. The third-order valence-corrected chi connectivity index (χ3v) is 4.08. The average Bonchev–Trinajstić information content (AvgIpc) is 2.71. The van der Waals surface area contributed by atoms with E-state index in [1.807, 2.05) is 6.92 Å². The van der Waals surface area contributed by atoms with Gasteiger partial charge in [0.05, 0.1) is 16.3 Å². The second-order valence-electron chi connectivity index (χ2n) is 5.39. The summed E-state index contributed by atoms with van der Waals surface area (Å²) < 4.78 is 0. The summed E-state index contributed by atoms with van der Waals surface area (Å²) in [5, 5.41) is 12.1. The van der Waals surface area contributed by atoms with Crippen LogP contribution in [0, 0.1) is 5.92 Å². The number of hydrogen-bond acceptors (Lipinski definition) is 2. The van der Waals surface area contributed by atoms with Gasteiger partial charge in [0.2, 0.25) is 0 Å². The van der Waals surface area contributed by atoms with Gasteiger partial charge in [0, 0.05) is 17.6 Å². The molecule has 0 aliphatic carbocycles. The van der Waals surface area contributed by atoms with Crippen molar-refractivity contribution in [3.05, 3.63) is 27.7 Å². The third kappa shape index (κ3) is 3.41. The molecule has 1 aromatic carbocycles. The molecule has 0 bridgehead atoms. The van der Waals surface area contributed by atoms with Crippen molar-refractivity contribution in [2.45, 2.75) is 26.3 Å². The number of benzene rings is 1. The van der Waals surface area contributed by atoms with Gasteiger partial charge in [-0.3, -0.25) is 0 Å². The molecule has 0 spiro atoms. The number of carbonyl (C=O) groups is 2. The highest BCUT2D eigenvalue weighted by Gasteiger charge is 2.31. The number of rotatable bonds is 2. The first kappa shape index (κ1) is 15.9. The number of halogens is 2. The van der Waals surface area contributed by atoms with E-state index in [1.54, 1.807) is 4.90 Å². The number of hydrogen-bond donors (Lipinski definition) is 2. The van der Waals surface area contributed by atoms with Crippen molar-refractivity contribution in [3.63, 3.8) is 0 Å². The van der Waals surface area contributed by atoms with E-state index in [4.69, 9.17) is 23.2 Å². The lowest BCUT2D eigenvalue weighted by molar-refractivity contribution is 0.0698. The van der Waals surface area contributed by atoms with E-state index >= 15 is 0 Å². The minimum Gasteiger partial charge on any atom is -0.478 e. The van der Waals surface area contributed by atoms with Gasteiger partial charge in [0.25, 0.3) is 0 Å². The summed E-state index contributed by atoms with van der Waals surface area (Å²) in [4.78, 5) is 25.3. The molecule has 2 rings (SSSR count). The molecule has 1 saturated heterocycles. The zero-order valence-electron chi connectivity index (χ0n) is 11.7. The molecule has 1 fully saturated rings. The number of urea groups is 1. The van der Waals surface area contributed by atoms with Gasteiger partial charge in [-0.2, -0.15) is 0 Å². The average molecular weight is 331 g/mol. The van der Waals surface area contributed by atoms with Crippen LogP contribution in [0.1, 0.15) is 30.6 Å². The standard InChI is InChI=1S/C14H16Cl2N2O3/c1-7-3-8(2)18(6-7)14(21)17-12-10(13(19)20)4-9(15)5-11(12)16/h4-5,7-8H,3,6H2,1-2H3,(H,17,21)(H,19,20). The Labute approximate surface area is 132 Å². The Bertz CT molecular complexity index is 592. The van der Waals surface area contributed by atoms with Gasteiger partial charge in [-0.15, -0.1) is 0 Å². The fraction of sp³-hybridized carbons (Fsp3) is 0.429. The molecule has 2 atom stereocenters. The predicted octanol–water partition coefficient (Wildman–Crippen LogP) is 3.95. The quantitative estimate of drug-likeness (QED) is 0.862. The van der Waals surface area contributed by atoms with Crippen molar-refractivity contribution in [1.29, 1.82) is 0 Å². The van der Waals surface area contributed by atoms with Crippen LogP contribution in [-0.4, -0.2) is 34.6 Å². The lowest BCUT2D eigenvalue weighted by Gasteiger charge is -2.23. The summed E-state index contributed by atoms with van der Waals surface area (Å²) in [5.41, 5.74) is -0.0499. The monoisotopic (exact) mass is 330 g/mol. The molecule has 0 radical (unpaired) electrons. The largest absolute Gasteiger partial charge is 0.478 e. The number of carboxylic acid groups (broad SMARTS) is 1. The second kappa shape index (κ2) is 6.12. The molecule has 2 unspecified atom stereocenters. The molecule has 21 heavy (non-hydrogen) atoms. The lowest BCUT2D eigenvalue weighted by Crippen LogP contribution is -2.37. The molecule has 1 aliphatic rings. The first-order chi connectivity index (χ1) is 9.79. The number of nitrogens with zero attached hydrogens (tertiary/aromatic N) is 1. The Morgan fingerprint density at radius 1 is 1.33 bits per heavy atom. The minimum absolute atomic E-state index is 0.0744. The van der Waals surface area contributed by atoms with Gasteiger partial charge >= 0.3 is 12.0 Å². The maximum atomic E-state index is 12.3. The van der Waals surface area contributed by atoms with Gasteiger partial charge in [0.15, 0.2) is 0 Å². The van der Waals surface area contributed by atoms with Crippen molar-refractivity contribution in [3.8, 4) is 0 Å². The Hall–Kier alpha value is -1.46. The smallest absolute Gasteiger partial charge is 0.337 e. The molecule has 0 aromatic heterocycles. The van der Waals surface area contributed by atoms with Gasteiger partial charge < -0.3 is 15.3 Å². The SMILES string of the molecule is CC1CC(C)N(C(=O)Nc2c(Cl)cc(Cl)cc2C(=O)O)C1. The van der Waals surface area contributed by atoms with Crippen molar-refractivity contribution >= 4 is 40.9 Å². The number of likely N-dealkylation sites (tertiary alicyclic amines) is 1. The predicted molar refractivity (Wildman–Crippen MR) is 82.4 cm³/mol. The van der Waals surface area contributed by atoms with Crippen LogP contribution >= 0.6 is 23.2 Å². The van der Waals surface area contributed by atoms with Crippen molar-refractivity contribution in [2.24, 2.45) is 5.92 Å². The van der Waals surface area contributed by atoms with Crippen LogP contribution in [0.25, 0.3) is 0 Å². The topological polar surface area (TPSA) is 69.6 Å². The summed E-state index contributed by atoms with van der Waals surface area (Å²) in [6.07, 6.45) is 0.924.